The van der Waals surface area contributed by atoms with Crippen LogP contribution in [-0.4, -0.2) is 31.0 Å². The van der Waals surface area contributed by atoms with Gasteiger partial charge in [-0.2, -0.15) is 10.4 Å². The molecule has 1 saturated carbocycles. The Hall–Kier alpha value is -2.53. The SMILES string of the molecule is CSNc1nn(C(CC#N)C2CCCC2)cc1-c1ncnc2[nH]ccc12. The van der Waals surface area contributed by atoms with E-state index in [9.17, 15) is 5.26 Å². The van der Waals surface area contributed by atoms with Crippen LogP contribution in [-0.2, 0) is 0 Å². The molecule has 26 heavy (non-hydrogen) atoms. The van der Waals surface area contributed by atoms with E-state index >= 15 is 0 Å². The highest BCUT2D eigenvalue weighted by atomic mass is 32.2. The molecule has 1 aliphatic carbocycles. The van der Waals surface area contributed by atoms with Crippen molar-refractivity contribution in [2.75, 3.05) is 11.0 Å². The second-order valence-electron chi connectivity index (χ2n) is 6.61. The molecule has 2 N–H and O–H groups in total. The number of nitrogens with zero attached hydrogens (tertiary/aromatic N) is 5. The van der Waals surface area contributed by atoms with Gasteiger partial charge in [-0.25, -0.2) is 9.97 Å². The lowest BCUT2D eigenvalue weighted by Crippen LogP contribution is -2.17. The van der Waals surface area contributed by atoms with Crippen molar-refractivity contribution in [3.63, 3.8) is 0 Å². The lowest BCUT2D eigenvalue weighted by Gasteiger charge is -2.21. The first-order valence-electron chi connectivity index (χ1n) is 8.85. The van der Waals surface area contributed by atoms with E-state index in [1.165, 1.54) is 37.6 Å². The molecule has 7 nitrogen and oxygen atoms in total. The monoisotopic (exact) mass is 367 g/mol. The summed E-state index contributed by atoms with van der Waals surface area (Å²) >= 11 is 1.50. The van der Waals surface area contributed by atoms with Gasteiger partial charge in [0.2, 0.25) is 0 Å². The number of nitrogens with one attached hydrogen (secondary N) is 2. The molecular weight excluding hydrogens is 346 g/mol. The summed E-state index contributed by atoms with van der Waals surface area (Å²) in [6.45, 7) is 0. The number of anilines is 1. The van der Waals surface area contributed by atoms with Crippen LogP contribution in [0, 0.1) is 17.2 Å². The Bertz CT molecular complexity index is 933. The van der Waals surface area contributed by atoms with Gasteiger partial charge in [-0.3, -0.25) is 4.68 Å². The molecule has 4 rings (SSSR count). The molecule has 1 atom stereocenters. The maximum atomic E-state index is 9.33. The van der Waals surface area contributed by atoms with E-state index in [2.05, 4.69) is 25.7 Å². The number of hydrogen-bond acceptors (Lipinski definition) is 6. The van der Waals surface area contributed by atoms with Crippen molar-refractivity contribution in [3.8, 4) is 17.3 Å². The largest absolute Gasteiger partial charge is 0.346 e. The predicted octanol–water partition coefficient (Wildman–Crippen LogP) is 4.16. The first-order chi connectivity index (χ1) is 12.8. The Kier molecular flexibility index (Phi) is 4.80. The molecule has 0 aliphatic heterocycles. The van der Waals surface area contributed by atoms with Gasteiger partial charge in [-0.15, -0.1) is 0 Å². The summed E-state index contributed by atoms with van der Waals surface area (Å²) in [6, 6.07) is 4.45. The van der Waals surface area contributed by atoms with Gasteiger partial charge in [0.25, 0.3) is 0 Å². The summed E-state index contributed by atoms with van der Waals surface area (Å²) in [6.07, 6.45) is 12.7. The van der Waals surface area contributed by atoms with Gasteiger partial charge in [0.1, 0.15) is 12.0 Å². The number of aromatic amines is 1. The van der Waals surface area contributed by atoms with E-state index in [0.717, 1.165) is 28.1 Å². The van der Waals surface area contributed by atoms with Gasteiger partial charge in [0, 0.05) is 24.0 Å². The topological polar surface area (TPSA) is 95.2 Å². The lowest BCUT2D eigenvalue weighted by atomic mass is 9.96. The standard InChI is InChI=1S/C18H21N7S/c1-26-24-18-14(16-13-7-9-20-17(13)22-11-21-16)10-25(23-18)15(6-8-19)12-4-2-3-5-12/h7,9-12,15H,2-6H2,1H3,(H,23,24)(H,20,21,22). The first-order valence-corrected chi connectivity index (χ1v) is 10.1. The second-order valence-corrected chi connectivity index (χ2v) is 7.23. The highest BCUT2D eigenvalue weighted by Gasteiger charge is 2.28. The van der Waals surface area contributed by atoms with Crippen LogP contribution in [0.3, 0.4) is 0 Å². The molecule has 0 aromatic carbocycles. The highest BCUT2D eigenvalue weighted by Crippen LogP contribution is 2.38. The maximum Gasteiger partial charge on any atom is 0.167 e. The second kappa shape index (κ2) is 7.38. The van der Waals surface area contributed by atoms with Gasteiger partial charge >= 0.3 is 0 Å². The van der Waals surface area contributed by atoms with Crippen LogP contribution in [0.5, 0.6) is 0 Å². The Morgan fingerprint density at radius 2 is 2.27 bits per heavy atom. The third kappa shape index (κ3) is 3.03. The van der Waals surface area contributed by atoms with Gasteiger partial charge in [0.05, 0.1) is 29.8 Å². The van der Waals surface area contributed by atoms with Crippen molar-refractivity contribution in [2.24, 2.45) is 5.92 Å². The molecular formula is C18H21N7S. The fraction of sp³-hybridized carbons (Fsp3) is 0.444. The first kappa shape index (κ1) is 16.9. The van der Waals surface area contributed by atoms with Crippen molar-refractivity contribution < 1.29 is 0 Å². The third-order valence-corrected chi connectivity index (χ3v) is 5.52. The van der Waals surface area contributed by atoms with Crippen molar-refractivity contribution in [2.45, 2.75) is 38.1 Å². The quantitative estimate of drug-likeness (QED) is 0.635. The summed E-state index contributed by atoms with van der Waals surface area (Å²) in [7, 11) is 0. The van der Waals surface area contributed by atoms with Crippen molar-refractivity contribution in [3.05, 3.63) is 24.8 Å². The molecule has 0 amide bonds. The van der Waals surface area contributed by atoms with Crippen LogP contribution in [0.1, 0.15) is 38.1 Å². The molecule has 134 valence electrons. The Morgan fingerprint density at radius 1 is 1.42 bits per heavy atom. The maximum absolute atomic E-state index is 9.33. The smallest absolute Gasteiger partial charge is 0.167 e. The normalized spacial score (nSPS) is 16.0. The van der Waals surface area contributed by atoms with Crippen LogP contribution in [0.25, 0.3) is 22.3 Å². The molecule has 0 radical (unpaired) electrons. The number of fused-ring (bicyclic) bond motifs is 1. The van der Waals surface area contributed by atoms with Crippen LogP contribution in [0.2, 0.25) is 0 Å². The van der Waals surface area contributed by atoms with Crippen LogP contribution in [0.15, 0.2) is 24.8 Å². The number of hydrogen-bond donors (Lipinski definition) is 2. The molecule has 1 unspecified atom stereocenters. The van der Waals surface area contributed by atoms with E-state index in [1.807, 2.05) is 29.4 Å². The zero-order chi connectivity index (χ0) is 17.9. The highest BCUT2D eigenvalue weighted by molar-refractivity contribution is 7.99. The van der Waals surface area contributed by atoms with Gasteiger partial charge in [-0.05, 0) is 24.8 Å². The molecule has 8 heteroatoms. The molecule has 3 heterocycles. The predicted molar refractivity (Wildman–Crippen MR) is 103 cm³/mol. The van der Waals surface area contributed by atoms with Crippen molar-refractivity contribution >= 4 is 28.8 Å². The molecule has 0 saturated heterocycles. The van der Waals surface area contributed by atoms with Crippen LogP contribution < -0.4 is 4.72 Å². The minimum absolute atomic E-state index is 0.113. The van der Waals surface area contributed by atoms with E-state index < -0.39 is 0 Å². The van der Waals surface area contributed by atoms with Gasteiger partial charge in [-0.1, -0.05) is 24.8 Å². The zero-order valence-corrected chi connectivity index (χ0v) is 15.5. The molecule has 0 bridgehead atoms. The van der Waals surface area contributed by atoms with Crippen molar-refractivity contribution in [1.82, 2.24) is 24.7 Å². The number of nitriles is 1. The molecule has 3 aromatic heterocycles. The fourth-order valence-electron chi connectivity index (χ4n) is 3.91. The Balaban J connectivity index is 1.80. The average Bonchev–Trinajstić information content (AvgIpc) is 3.39. The van der Waals surface area contributed by atoms with Crippen molar-refractivity contribution in [1.29, 1.82) is 5.26 Å². The molecule has 0 spiro atoms. The Morgan fingerprint density at radius 3 is 3.04 bits per heavy atom. The molecule has 3 aromatic rings. The minimum atomic E-state index is 0.113. The third-order valence-electron chi connectivity index (χ3n) is 5.12. The van der Waals surface area contributed by atoms with E-state index in [-0.39, 0.29) is 6.04 Å². The van der Waals surface area contributed by atoms with Gasteiger partial charge in [0.15, 0.2) is 5.82 Å². The van der Waals surface area contributed by atoms with Crippen LogP contribution in [0.4, 0.5) is 5.82 Å². The van der Waals surface area contributed by atoms with E-state index in [1.54, 1.807) is 6.33 Å². The molecule has 1 fully saturated rings. The summed E-state index contributed by atoms with van der Waals surface area (Å²) < 4.78 is 5.25. The summed E-state index contributed by atoms with van der Waals surface area (Å²) in [5.41, 5.74) is 2.59. The summed E-state index contributed by atoms with van der Waals surface area (Å²) in [5, 5.41) is 15.1. The number of H-pyrrole nitrogens is 1. The van der Waals surface area contributed by atoms with E-state index in [0.29, 0.717) is 12.3 Å². The fourth-order valence-corrected chi connectivity index (χ4v) is 4.25. The lowest BCUT2D eigenvalue weighted by molar-refractivity contribution is 0.315. The number of aromatic nitrogens is 5. The summed E-state index contributed by atoms with van der Waals surface area (Å²) in [4.78, 5) is 11.9. The summed E-state index contributed by atoms with van der Waals surface area (Å²) in [5.74, 6) is 1.29. The Labute approximate surface area is 156 Å². The van der Waals surface area contributed by atoms with Crippen LogP contribution >= 0.6 is 11.9 Å². The van der Waals surface area contributed by atoms with E-state index in [4.69, 9.17) is 5.10 Å². The van der Waals surface area contributed by atoms with Gasteiger partial charge < -0.3 is 9.71 Å². The number of rotatable bonds is 6. The minimum Gasteiger partial charge on any atom is -0.346 e. The molecule has 1 aliphatic rings. The average molecular weight is 367 g/mol. The zero-order valence-electron chi connectivity index (χ0n) is 14.6.